The molecule has 0 saturated heterocycles. The van der Waals surface area contributed by atoms with Gasteiger partial charge >= 0.3 is 0 Å². The van der Waals surface area contributed by atoms with E-state index >= 15 is 0 Å². The molecule has 0 aliphatic rings. The number of rotatable bonds is 9. The van der Waals surface area contributed by atoms with Gasteiger partial charge in [-0.05, 0) is 41.0 Å². The molecule has 8 heteroatoms. The molecule has 2 N–H and O–H groups in total. The molecule has 0 bridgehead atoms. The summed E-state index contributed by atoms with van der Waals surface area (Å²) in [7, 11) is 5.65. The third kappa shape index (κ3) is 6.17. The monoisotopic (exact) mass is 544 g/mol. The van der Waals surface area contributed by atoms with Gasteiger partial charge in [-0.2, -0.15) is 5.10 Å². The van der Waals surface area contributed by atoms with E-state index in [4.69, 9.17) is 0 Å². The van der Waals surface area contributed by atoms with E-state index in [9.17, 15) is 9.59 Å². The van der Waals surface area contributed by atoms with Crippen LogP contribution in [0.4, 0.5) is 11.4 Å². The van der Waals surface area contributed by atoms with Crippen LogP contribution >= 0.6 is 0 Å². The lowest BCUT2D eigenvalue weighted by atomic mass is 9.84. The number of amides is 2. The number of carbonyl (C=O) groups excluding carboxylic acids is 2. The fourth-order valence-electron chi connectivity index (χ4n) is 4.95. The molecule has 2 heterocycles. The molecular formula is C33H32N6O2. The van der Waals surface area contributed by atoms with E-state index < -0.39 is 12.0 Å². The molecule has 0 saturated carbocycles. The highest BCUT2D eigenvalue weighted by Crippen LogP contribution is 2.31. The average Bonchev–Trinajstić information content (AvgIpc) is 3.44. The number of nitrogens with zero attached hydrogens (tertiary/aromatic N) is 4. The SMILES string of the molecule is CN(C)c1cnccc1-c1ccc(NC(=O)[C@@H](NC(=O)c2ccnn2C)C(c2ccccc2)c2ccccc2)cc1. The Balaban J connectivity index is 1.48. The first-order chi connectivity index (χ1) is 19.9. The molecule has 2 aromatic heterocycles. The highest BCUT2D eigenvalue weighted by atomic mass is 16.2. The molecular weight excluding hydrogens is 512 g/mol. The van der Waals surface area contributed by atoms with E-state index in [1.54, 1.807) is 25.5 Å². The van der Waals surface area contributed by atoms with Crippen molar-refractivity contribution >= 4 is 23.2 Å². The summed E-state index contributed by atoms with van der Waals surface area (Å²) in [6.07, 6.45) is 5.15. The number of nitrogens with one attached hydrogen (secondary N) is 2. The van der Waals surface area contributed by atoms with Crippen molar-refractivity contribution < 1.29 is 9.59 Å². The summed E-state index contributed by atoms with van der Waals surface area (Å²) in [6.45, 7) is 0. The Bertz CT molecular complexity index is 1580. The van der Waals surface area contributed by atoms with Crippen molar-refractivity contribution in [1.82, 2.24) is 20.1 Å². The molecule has 3 aromatic carbocycles. The van der Waals surface area contributed by atoms with Crippen molar-refractivity contribution in [2.45, 2.75) is 12.0 Å². The van der Waals surface area contributed by atoms with Crippen molar-refractivity contribution in [2.75, 3.05) is 24.3 Å². The molecule has 8 nitrogen and oxygen atoms in total. The lowest BCUT2D eigenvalue weighted by molar-refractivity contribution is -0.118. The van der Waals surface area contributed by atoms with Crippen LogP contribution in [0.3, 0.4) is 0 Å². The van der Waals surface area contributed by atoms with Gasteiger partial charge in [0.05, 0.1) is 11.9 Å². The van der Waals surface area contributed by atoms with Gasteiger partial charge in [0, 0.05) is 50.7 Å². The molecule has 1 atom stereocenters. The number of benzene rings is 3. The Morgan fingerprint density at radius 3 is 2.00 bits per heavy atom. The normalized spacial score (nSPS) is 11.6. The summed E-state index contributed by atoms with van der Waals surface area (Å²) >= 11 is 0. The second-order valence-electron chi connectivity index (χ2n) is 9.94. The van der Waals surface area contributed by atoms with Gasteiger partial charge in [0.1, 0.15) is 11.7 Å². The van der Waals surface area contributed by atoms with Crippen LogP contribution in [0.25, 0.3) is 11.1 Å². The molecule has 41 heavy (non-hydrogen) atoms. The van der Waals surface area contributed by atoms with Crippen LogP contribution < -0.4 is 15.5 Å². The fourth-order valence-corrected chi connectivity index (χ4v) is 4.95. The predicted octanol–water partition coefficient (Wildman–Crippen LogP) is 5.12. The molecule has 0 spiro atoms. The van der Waals surface area contributed by atoms with Crippen LogP contribution in [0.1, 0.15) is 27.5 Å². The number of hydrogen-bond donors (Lipinski definition) is 2. The molecule has 5 rings (SSSR count). The van der Waals surface area contributed by atoms with Crippen molar-refractivity contribution in [1.29, 1.82) is 0 Å². The van der Waals surface area contributed by atoms with Crippen LogP contribution in [-0.4, -0.2) is 46.7 Å². The summed E-state index contributed by atoms with van der Waals surface area (Å²) in [6, 6.07) is 29.8. The molecule has 0 unspecified atom stereocenters. The fraction of sp³-hybridized carbons (Fsp3) is 0.152. The number of aryl methyl sites for hydroxylation is 1. The Morgan fingerprint density at radius 1 is 0.805 bits per heavy atom. The molecule has 0 fully saturated rings. The van der Waals surface area contributed by atoms with Gasteiger partial charge in [0.2, 0.25) is 5.91 Å². The third-order valence-corrected chi connectivity index (χ3v) is 7.02. The maximum Gasteiger partial charge on any atom is 0.270 e. The zero-order valence-electron chi connectivity index (χ0n) is 23.2. The molecule has 2 amide bonds. The van der Waals surface area contributed by atoms with E-state index in [0.29, 0.717) is 11.4 Å². The summed E-state index contributed by atoms with van der Waals surface area (Å²) in [5.74, 6) is -1.15. The number of aromatic nitrogens is 3. The highest BCUT2D eigenvalue weighted by Gasteiger charge is 2.33. The van der Waals surface area contributed by atoms with Gasteiger partial charge in [-0.1, -0.05) is 72.8 Å². The van der Waals surface area contributed by atoms with Crippen molar-refractivity contribution in [2.24, 2.45) is 7.05 Å². The number of anilines is 2. The van der Waals surface area contributed by atoms with Crippen molar-refractivity contribution in [3.05, 3.63) is 132 Å². The Labute approximate surface area is 239 Å². The molecule has 206 valence electrons. The standard InChI is InChI=1S/C33H32N6O2/c1-38(2)29-22-34-20-18-27(29)23-14-16-26(17-15-23)36-33(41)31(37-32(40)28-19-21-35-39(28)3)30(24-10-6-4-7-11-24)25-12-8-5-9-13-25/h4-22,30-31H,1-3H3,(H,36,41)(H,37,40)/t31-/m0/s1. The van der Waals surface area contributed by atoms with Crippen LogP contribution in [0.5, 0.6) is 0 Å². The zero-order chi connectivity index (χ0) is 28.8. The number of hydrogen-bond acceptors (Lipinski definition) is 5. The van der Waals surface area contributed by atoms with E-state index in [1.807, 2.05) is 116 Å². The summed E-state index contributed by atoms with van der Waals surface area (Å²) in [4.78, 5) is 33.7. The third-order valence-electron chi connectivity index (χ3n) is 7.02. The van der Waals surface area contributed by atoms with Crippen molar-refractivity contribution in [3.63, 3.8) is 0 Å². The highest BCUT2D eigenvalue weighted by molar-refractivity contribution is 6.01. The van der Waals surface area contributed by atoms with Crippen LogP contribution in [0.2, 0.25) is 0 Å². The van der Waals surface area contributed by atoms with Gasteiger partial charge < -0.3 is 15.5 Å². The minimum Gasteiger partial charge on any atom is -0.376 e. The largest absolute Gasteiger partial charge is 0.376 e. The molecule has 0 aliphatic carbocycles. The topological polar surface area (TPSA) is 92.2 Å². The van der Waals surface area contributed by atoms with Gasteiger partial charge in [-0.15, -0.1) is 0 Å². The maximum atomic E-state index is 14.0. The Kier molecular flexibility index (Phi) is 8.20. The average molecular weight is 545 g/mol. The van der Waals surface area contributed by atoms with Crippen LogP contribution in [0.15, 0.2) is 116 Å². The first kappa shape index (κ1) is 27.3. The number of carbonyl (C=O) groups is 2. The van der Waals surface area contributed by atoms with Crippen molar-refractivity contribution in [3.8, 4) is 11.1 Å². The first-order valence-electron chi connectivity index (χ1n) is 13.3. The summed E-state index contributed by atoms with van der Waals surface area (Å²) < 4.78 is 1.49. The minimum absolute atomic E-state index is 0.330. The Hall–Kier alpha value is -5.24. The van der Waals surface area contributed by atoms with Gasteiger partial charge in [0.15, 0.2) is 0 Å². The summed E-state index contributed by atoms with van der Waals surface area (Å²) in [5.41, 5.74) is 5.84. The molecule has 0 aliphatic heterocycles. The first-order valence-corrected chi connectivity index (χ1v) is 13.3. The van der Waals surface area contributed by atoms with E-state index in [-0.39, 0.29) is 11.8 Å². The lowest BCUT2D eigenvalue weighted by Gasteiger charge is -2.28. The number of pyridine rings is 1. The van der Waals surface area contributed by atoms with E-state index in [1.165, 1.54) is 4.68 Å². The van der Waals surface area contributed by atoms with Crippen LogP contribution in [-0.2, 0) is 11.8 Å². The lowest BCUT2D eigenvalue weighted by Crippen LogP contribution is -2.48. The molecule has 0 radical (unpaired) electrons. The predicted molar refractivity (Wildman–Crippen MR) is 162 cm³/mol. The van der Waals surface area contributed by atoms with Crippen LogP contribution in [0, 0.1) is 0 Å². The van der Waals surface area contributed by atoms with E-state index in [0.717, 1.165) is 27.9 Å². The zero-order valence-corrected chi connectivity index (χ0v) is 23.2. The second kappa shape index (κ2) is 12.3. The van der Waals surface area contributed by atoms with Gasteiger partial charge in [-0.25, -0.2) is 0 Å². The quantitative estimate of drug-likeness (QED) is 0.269. The van der Waals surface area contributed by atoms with E-state index in [2.05, 4.69) is 20.7 Å². The minimum atomic E-state index is -0.914. The van der Waals surface area contributed by atoms with Gasteiger partial charge in [0.25, 0.3) is 5.91 Å². The second-order valence-corrected chi connectivity index (χ2v) is 9.94. The maximum absolute atomic E-state index is 14.0. The molecule has 5 aromatic rings. The summed E-state index contributed by atoms with van der Waals surface area (Å²) in [5, 5.41) is 10.2. The van der Waals surface area contributed by atoms with Gasteiger partial charge in [-0.3, -0.25) is 19.3 Å². The smallest absolute Gasteiger partial charge is 0.270 e. The Morgan fingerprint density at radius 2 is 1.44 bits per heavy atom.